The number of carbonyl (C=O) groups is 1. The number of carbonyl (C=O) groups excluding carboxylic acids is 1. The number of nitrogens with zero attached hydrogens (tertiary/aromatic N) is 2. The Morgan fingerprint density at radius 2 is 1.91 bits per heavy atom. The van der Waals surface area contributed by atoms with Gasteiger partial charge in [0.1, 0.15) is 11.9 Å². The number of likely N-dealkylation sites (tertiary alicyclic amines) is 1. The van der Waals surface area contributed by atoms with Crippen molar-refractivity contribution in [2.45, 2.75) is 18.9 Å². The van der Waals surface area contributed by atoms with Crippen molar-refractivity contribution >= 4 is 33.4 Å². The van der Waals surface area contributed by atoms with E-state index in [0.717, 1.165) is 23.1 Å². The van der Waals surface area contributed by atoms with Gasteiger partial charge in [0, 0.05) is 47.8 Å². The molecule has 0 N–H and O–H groups in total. The molecule has 0 radical (unpaired) electrons. The smallest absolute Gasteiger partial charge is 0.255 e. The second-order valence-electron chi connectivity index (χ2n) is 5.46. The van der Waals surface area contributed by atoms with Crippen LogP contribution in [0.5, 0.6) is 5.75 Å². The molecule has 0 bridgehead atoms. The number of pyridine rings is 1. The Bertz CT molecular complexity index is 685. The van der Waals surface area contributed by atoms with Crippen LogP contribution in [0.15, 0.2) is 47.2 Å². The zero-order chi connectivity index (χ0) is 16.2. The molecule has 1 aromatic heterocycles. The van der Waals surface area contributed by atoms with Gasteiger partial charge in [-0.3, -0.25) is 9.78 Å². The minimum Gasteiger partial charge on any atom is -0.490 e. The summed E-state index contributed by atoms with van der Waals surface area (Å²) in [4.78, 5) is 18.4. The van der Waals surface area contributed by atoms with Crippen LogP contribution < -0.4 is 4.74 Å². The first kappa shape index (κ1) is 16.3. The summed E-state index contributed by atoms with van der Waals surface area (Å²) in [6.07, 6.45) is 5.03. The Morgan fingerprint density at radius 3 is 2.57 bits per heavy atom. The molecule has 1 saturated heterocycles. The highest BCUT2D eigenvalue weighted by atomic mass is 79.9. The van der Waals surface area contributed by atoms with Crippen LogP contribution >= 0.6 is 27.5 Å². The van der Waals surface area contributed by atoms with Gasteiger partial charge in [-0.1, -0.05) is 11.6 Å². The maximum absolute atomic E-state index is 12.5. The van der Waals surface area contributed by atoms with Crippen LogP contribution in [0, 0.1) is 0 Å². The van der Waals surface area contributed by atoms with Gasteiger partial charge >= 0.3 is 0 Å². The highest BCUT2D eigenvalue weighted by Crippen LogP contribution is 2.22. The lowest BCUT2D eigenvalue weighted by Crippen LogP contribution is -2.41. The number of hydrogen-bond donors (Lipinski definition) is 0. The van der Waals surface area contributed by atoms with E-state index in [1.807, 2.05) is 29.2 Å². The Balaban J connectivity index is 1.55. The van der Waals surface area contributed by atoms with Gasteiger partial charge in [0.15, 0.2) is 0 Å². The van der Waals surface area contributed by atoms with Crippen molar-refractivity contribution in [2.24, 2.45) is 0 Å². The molecular formula is C17H16BrClN2O2. The maximum atomic E-state index is 12.5. The first-order chi connectivity index (χ1) is 11.1. The third kappa shape index (κ3) is 4.24. The molecule has 0 aliphatic carbocycles. The molecule has 1 aromatic carbocycles. The Morgan fingerprint density at radius 1 is 1.22 bits per heavy atom. The number of hydrogen-bond acceptors (Lipinski definition) is 3. The predicted molar refractivity (Wildman–Crippen MR) is 92.9 cm³/mol. The van der Waals surface area contributed by atoms with E-state index in [9.17, 15) is 4.79 Å². The summed E-state index contributed by atoms with van der Waals surface area (Å²) in [6.45, 7) is 1.37. The molecule has 0 spiro atoms. The maximum Gasteiger partial charge on any atom is 0.255 e. The molecule has 2 aromatic rings. The second-order valence-corrected chi connectivity index (χ2v) is 6.81. The van der Waals surface area contributed by atoms with E-state index in [0.29, 0.717) is 23.7 Å². The van der Waals surface area contributed by atoms with Crippen molar-refractivity contribution in [1.82, 2.24) is 9.88 Å². The Labute approximate surface area is 148 Å². The summed E-state index contributed by atoms with van der Waals surface area (Å²) in [5, 5.41) is 0.695. The number of benzene rings is 1. The average molecular weight is 396 g/mol. The molecule has 1 fully saturated rings. The molecule has 0 saturated carbocycles. The normalized spacial score (nSPS) is 15.5. The number of halogens is 2. The number of ether oxygens (including phenoxy) is 1. The summed E-state index contributed by atoms with van der Waals surface area (Å²) in [6, 6.07) is 9.16. The lowest BCUT2D eigenvalue weighted by atomic mass is 10.1. The van der Waals surface area contributed by atoms with Crippen LogP contribution in [0.3, 0.4) is 0 Å². The van der Waals surface area contributed by atoms with Crippen molar-refractivity contribution in [1.29, 1.82) is 0 Å². The molecule has 0 atom stereocenters. The molecule has 4 nitrogen and oxygen atoms in total. The molecule has 3 rings (SSSR count). The summed E-state index contributed by atoms with van der Waals surface area (Å²) in [7, 11) is 0. The number of piperidine rings is 1. The Kier molecular flexibility index (Phi) is 5.18. The van der Waals surface area contributed by atoms with Gasteiger partial charge in [0.2, 0.25) is 0 Å². The van der Waals surface area contributed by atoms with Gasteiger partial charge in [-0.25, -0.2) is 0 Å². The van der Waals surface area contributed by atoms with Gasteiger partial charge in [-0.2, -0.15) is 0 Å². The van der Waals surface area contributed by atoms with Crippen molar-refractivity contribution in [3.63, 3.8) is 0 Å². The molecule has 23 heavy (non-hydrogen) atoms. The van der Waals surface area contributed by atoms with Crippen LogP contribution in [-0.4, -0.2) is 35.0 Å². The lowest BCUT2D eigenvalue weighted by Gasteiger charge is -2.32. The zero-order valence-electron chi connectivity index (χ0n) is 12.4. The summed E-state index contributed by atoms with van der Waals surface area (Å²) < 4.78 is 6.76. The van der Waals surface area contributed by atoms with Gasteiger partial charge in [-0.05, 0) is 46.3 Å². The van der Waals surface area contributed by atoms with E-state index in [4.69, 9.17) is 16.3 Å². The second kappa shape index (κ2) is 7.32. The van der Waals surface area contributed by atoms with E-state index in [-0.39, 0.29) is 12.0 Å². The van der Waals surface area contributed by atoms with Crippen LogP contribution in [0.1, 0.15) is 23.2 Å². The molecule has 2 heterocycles. The molecule has 6 heteroatoms. The minimum atomic E-state index is 0.0174. The zero-order valence-corrected chi connectivity index (χ0v) is 14.8. The third-order valence-electron chi connectivity index (χ3n) is 3.80. The van der Waals surface area contributed by atoms with Crippen molar-refractivity contribution in [2.75, 3.05) is 13.1 Å². The quantitative estimate of drug-likeness (QED) is 0.783. The average Bonchev–Trinajstić information content (AvgIpc) is 2.57. The van der Waals surface area contributed by atoms with E-state index in [2.05, 4.69) is 20.9 Å². The van der Waals surface area contributed by atoms with Gasteiger partial charge in [-0.15, -0.1) is 0 Å². The van der Waals surface area contributed by atoms with Crippen LogP contribution in [-0.2, 0) is 0 Å². The molecule has 1 amide bonds. The van der Waals surface area contributed by atoms with E-state index >= 15 is 0 Å². The van der Waals surface area contributed by atoms with E-state index in [1.165, 1.54) is 0 Å². The van der Waals surface area contributed by atoms with Crippen LogP contribution in [0.2, 0.25) is 5.02 Å². The Hall–Kier alpha value is -1.59. The fourth-order valence-corrected chi connectivity index (χ4v) is 3.08. The lowest BCUT2D eigenvalue weighted by molar-refractivity contribution is 0.0595. The van der Waals surface area contributed by atoms with Crippen molar-refractivity contribution in [3.05, 3.63) is 57.8 Å². The number of rotatable bonds is 3. The van der Waals surface area contributed by atoms with Crippen LogP contribution in [0.25, 0.3) is 0 Å². The summed E-state index contributed by atoms with van der Waals surface area (Å²) in [5.41, 5.74) is 0.608. The number of aromatic nitrogens is 1. The monoisotopic (exact) mass is 394 g/mol. The first-order valence-corrected chi connectivity index (χ1v) is 8.61. The fourth-order valence-electron chi connectivity index (χ4n) is 2.59. The van der Waals surface area contributed by atoms with Gasteiger partial charge in [0.05, 0.1) is 5.56 Å². The van der Waals surface area contributed by atoms with E-state index < -0.39 is 0 Å². The largest absolute Gasteiger partial charge is 0.490 e. The van der Waals surface area contributed by atoms with Crippen molar-refractivity contribution in [3.8, 4) is 5.75 Å². The molecule has 0 unspecified atom stereocenters. The molecule has 1 aliphatic rings. The molecule has 120 valence electrons. The van der Waals surface area contributed by atoms with Crippen molar-refractivity contribution < 1.29 is 9.53 Å². The van der Waals surface area contributed by atoms with Crippen LogP contribution in [0.4, 0.5) is 0 Å². The van der Waals surface area contributed by atoms with Gasteiger partial charge in [0.25, 0.3) is 5.91 Å². The molecular weight excluding hydrogens is 380 g/mol. The van der Waals surface area contributed by atoms with Gasteiger partial charge < -0.3 is 9.64 Å². The first-order valence-electron chi connectivity index (χ1n) is 7.44. The highest BCUT2D eigenvalue weighted by molar-refractivity contribution is 9.10. The standard InChI is InChI=1S/C17H16BrClN2O2/c18-13-9-12(10-20-11-13)17(22)21-7-5-16(6-8-21)23-15-3-1-14(19)2-4-15/h1-4,9-11,16H,5-8H2. The fraction of sp³-hybridized carbons (Fsp3) is 0.294. The number of amides is 1. The minimum absolute atomic E-state index is 0.0174. The van der Waals surface area contributed by atoms with E-state index in [1.54, 1.807) is 18.5 Å². The summed E-state index contributed by atoms with van der Waals surface area (Å²) >= 11 is 9.21. The topological polar surface area (TPSA) is 42.4 Å². The predicted octanol–water partition coefficient (Wildman–Crippen LogP) is 4.18. The SMILES string of the molecule is O=C(c1cncc(Br)c1)N1CCC(Oc2ccc(Cl)cc2)CC1. The molecule has 1 aliphatic heterocycles. The summed E-state index contributed by atoms with van der Waals surface area (Å²) in [5.74, 6) is 0.833. The third-order valence-corrected chi connectivity index (χ3v) is 4.48. The highest BCUT2D eigenvalue weighted by Gasteiger charge is 2.25.